The second kappa shape index (κ2) is 4.94. The summed E-state index contributed by atoms with van der Waals surface area (Å²) in [5.41, 5.74) is 0.0289. The number of pyridine rings is 1. The van der Waals surface area contributed by atoms with Gasteiger partial charge in [0.2, 0.25) is 0 Å². The van der Waals surface area contributed by atoms with E-state index >= 15 is 0 Å². The third kappa shape index (κ3) is 2.14. The number of hydrogen-bond acceptors (Lipinski definition) is 5. The minimum absolute atomic E-state index is 0.00652. The average Bonchev–Trinajstić information content (AvgIpc) is 2.89. The molecule has 0 bridgehead atoms. The number of carboxylic acids is 1. The fraction of sp³-hybridized carbons (Fsp3) is 0.333. The molecule has 1 aliphatic heterocycles. The van der Waals surface area contributed by atoms with Crippen molar-refractivity contribution in [3.8, 4) is 0 Å². The normalized spacial score (nSPS) is 21.2. The Bertz CT molecular complexity index is 776. The molecule has 1 N–H and O–H groups in total. The molecule has 1 aromatic heterocycles. The summed E-state index contributed by atoms with van der Waals surface area (Å²) in [6.07, 6.45) is 3.61. The van der Waals surface area contributed by atoms with Crippen molar-refractivity contribution in [1.82, 2.24) is 4.98 Å². The van der Waals surface area contributed by atoms with Crippen LogP contribution in [0.5, 0.6) is 0 Å². The van der Waals surface area contributed by atoms with Crippen LogP contribution in [0, 0.1) is 15.5 Å². The van der Waals surface area contributed by atoms with E-state index in [4.69, 9.17) is 0 Å². The van der Waals surface area contributed by atoms with Gasteiger partial charge in [0.15, 0.2) is 0 Å². The number of non-ortho nitro benzene ring substituents is 1. The van der Waals surface area contributed by atoms with Gasteiger partial charge in [-0.25, -0.2) is 0 Å². The van der Waals surface area contributed by atoms with Crippen LogP contribution in [0.2, 0.25) is 0 Å². The standard InChI is InChI=1S/C15H15N3O4/c1-15(14(19)20)5-7-17(9-15)12-2-3-13(18(21)22)11-8-16-6-4-10(11)12/h2-4,6,8H,5,7,9H2,1H3,(H,19,20). The number of carboxylic acid groups (broad SMARTS) is 1. The molecule has 1 aromatic carbocycles. The largest absolute Gasteiger partial charge is 0.481 e. The van der Waals surface area contributed by atoms with Crippen LogP contribution in [0.25, 0.3) is 10.8 Å². The van der Waals surface area contributed by atoms with E-state index in [1.54, 1.807) is 25.3 Å². The third-order valence-corrected chi connectivity index (χ3v) is 4.30. The number of aliphatic carboxylic acids is 1. The van der Waals surface area contributed by atoms with Gasteiger partial charge in [-0.3, -0.25) is 19.9 Å². The molecular weight excluding hydrogens is 286 g/mol. The highest BCUT2D eigenvalue weighted by molar-refractivity contribution is 5.99. The van der Waals surface area contributed by atoms with Crippen molar-refractivity contribution in [3.05, 3.63) is 40.7 Å². The van der Waals surface area contributed by atoms with Crippen molar-refractivity contribution in [3.63, 3.8) is 0 Å². The number of rotatable bonds is 3. The van der Waals surface area contributed by atoms with Crippen molar-refractivity contribution in [1.29, 1.82) is 0 Å². The topological polar surface area (TPSA) is 96.6 Å². The van der Waals surface area contributed by atoms with Gasteiger partial charge in [-0.1, -0.05) is 0 Å². The number of fused-ring (bicyclic) bond motifs is 1. The van der Waals surface area contributed by atoms with Crippen LogP contribution in [0.4, 0.5) is 11.4 Å². The second-order valence-corrected chi connectivity index (χ2v) is 5.82. The summed E-state index contributed by atoms with van der Waals surface area (Å²) >= 11 is 0. The summed E-state index contributed by atoms with van der Waals surface area (Å²) in [5, 5.41) is 21.7. The minimum Gasteiger partial charge on any atom is -0.481 e. The number of carbonyl (C=O) groups is 1. The van der Waals surface area contributed by atoms with Crippen LogP contribution in [-0.2, 0) is 4.79 Å². The maximum absolute atomic E-state index is 11.4. The number of benzene rings is 1. The molecule has 0 aliphatic carbocycles. The van der Waals surface area contributed by atoms with Crippen molar-refractivity contribution >= 4 is 28.1 Å². The Morgan fingerprint density at radius 3 is 2.82 bits per heavy atom. The number of hydrogen-bond donors (Lipinski definition) is 1. The first kappa shape index (κ1) is 14.2. The molecular formula is C15H15N3O4. The lowest BCUT2D eigenvalue weighted by molar-refractivity contribution is -0.383. The molecule has 1 aliphatic rings. The van der Waals surface area contributed by atoms with Gasteiger partial charge in [-0.2, -0.15) is 0 Å². The first-order valence-electron chi connectivity index (χ1n) is 6.92. The quantitative estimate of drug-likeness (QED) is 0.691. The lowest BCUT2D eigenvalue weighted by Crippen LogP contribution is -2.31. The first-order chi connectivity index (χ1) is 10.4. The van der Waals surface area contributed by atoms with Crippen LogP contribution in [0.3, 0.4) is 0 Å². The average molecular weight is 301 g/mol. The Morgan fingerprint density at radius 1 is 1.41 bits per heavy atom. The number of nitro groups is 1. The highest BCUT2D eigenvalue weighted by Crippen LogP contribution is 2.38. The maximum Gasteiger partial charge on any atom is 0.311 e. The molecule has 1 saturated heterocycles. The summed E-state index contributed by atoms with van der Waals surface area (Å²) in [4.78, 5) is 28.0. The monoisotopic (exact) mass is 301 g/mol. The fourth-order valence-electron chi connectivity index (χ4n) is 2.94. The summed E-state index contributed by atoms with van der Waals surface area (Å²) < 4.78 is 0. The van der Waals surface area contributed by atoms with E-state index in [0.29, 0.717) is 24.9 Å². The Balaban J connectivity index is 2.08. The minimum atomic E-state index is -0.817. The highest BCUT2D eigenvalue weighted by atomic mass is 16.6. The van der Waals surface area contributed by atoms with Crippen LogP contribution < -0.4 is 4.90 Å². The van der Waals surface area contributed by atoms with Crippen molar-refractivity contribution in [2.75, 3.05) is 18.0 Å². The highest BCUT2D eigenvalue weighted by Gasteiger charge is 2.41. The van der Waals surface area contributed by atoms with Gasteiger partial charge in [0, 0.05) is 42.6 Å². The van der Waals surface area contributed by atoms with E-state index in [0.717, 1.165) is 11.1 Å². The van der Waals surface area contributed by atoms with E-state index in [-0.39, 0.29) is 5.69 Å². The summed E-state index contributed by atoms with van der Waals surface area (Å²) in [6.45, 7) is 2.72. The van der Waals surface area contributed by atoms with Crippen LogP contribution >= 0.6 is 0 Å². The smallest absolute Gasteiger partial charge is 0.311 e. The maximum atomic E-state index is 11.4. The zero-order valence-corrected chi connectivity index (χ0v) is 12.0. The first-order valence-corrected chi connectivity index (χ1v) is 6.92. The van der Waals surface area contributed by atoms with E-state index in [1.807, 2.05) is 4.90 Å². The van der Waals surface area contributed by atoms with Crippen molar-refractivity contribution in [2.24, 2.45) is 5.41 Å². The van der Waals surface area contributed by atoms with E-state index < -0.39 is 16.3 Å². The van der Waals surface area contributed by atoms with Gasteiger partial charge in [-0.15, -0.1) is 0 Å². The van der Waals surface area contributed by atoms with E-state index in [1.165, 1.54) is 12.3 Å². The summed E-state index contributed by atoms with van der Waals surface area (Å²) in [7, 11) is 0. The zero-order valence-electron chi connectivity index (χ0n) is 12.0. The Morgan fingerprint density at radius 2 is 2.18 bits per heavy atom. The summed E-state index contributed by atoms with van der Waals surface area (Å²) in [6, 6.07) is 4.87. The molecule has 1 atom stereocenters. The fourth-order valence-corrected chi connectivity index (χ4v) is 2.94. The van der Waals surface area contributed by atoms with Gasteiger partial charge in [0.05, 0.1) is 15.7 Å². The molecule has 2 heterocycles. The number of aromatic nitrogens is 1. The molecule has 0 spiro atoms. The predicted molar refractivity (Wildman–Crippen MR) is 81.0 cm³/mol. The van der Waals surface area contributed by atoms with E-state index in [2.05, 4.69) is 4.98 Å². The molecule has 7 heteroatoms. The van der Waals surface area contributed by atoms with Gasteiger partial charge >= 0.3 is 5.97 Å². The molecule has 0 radical (unpaired) electrons. The van der Waals surface area contributed by atoms with Crippen LogP contribution in [0.1, 0.15) is 13.3 Å². The van der Waals surface area contributed by atoms with Gasteiger partial charge in [0.25, 0.3) is 5.69 Å². The number of anilines is 1. The van der Waals surface area contributed by atoms with Gasteiger partial charge < -0.3 is 10.0 Å². The molecule has 0 saturated carbocycles. The SMILES string of the molecule is CC1(C(=O)O)CCN(c2ccc([N+](=O)[O-])c3cnccc23)C1. The lowest BCUT2D eigenvalue weighted by Gasteiger charge is -2.23. The Kier molecular flexibility index (Phi) is 3.20. The molecule has 3 rings (SSSR count). The van der Waals surface area contributed by atoms with Crippen LogP contribution in [0.15, 0.2) is 30.6 Å². The lowest BCUT2D eigenvalue weighted by atomic mass is 9.90. The molecule has 22 heavy (non-hydrogen) atoms. The molecule has 7 nitrogen and oxygen atoms in total. The Labute approximate surface area is 126 Å². The molecule has 1 unspecified atom stereocenters. The molecule has 1 fully saturated rings. The van der Waals surface area contributed by atoms with Crippen LogP contribution in [-0.4, -0.2) is 34.1 Å². The Hall–Kier alpha value is -2.70. The number of nitrogens with zero attached hydrogens (tertiary/aromatic N) is 3. The number of nitro benzene ring substituents is 1. The summed E-state index contributed by atoms with van der Waals surface area (Å²) in [5.74, 6) is -0.817. The van der Waals surface area contributed by atoms with E-state index in [9.17, 15) is 20.0 Å². The molecule has 0 amide bonds. The van der Waals surface area contributed by atoms with Gasteiger partial charge in [-0.05, 0) is 25.5 Å². The third-order valence-electron chi connectivity index (χ3n) is 4.30. The van der Waals surface area contributed by atoms with Crippen molar-refractivity contribution < 1.29 is 14.8 Å². The molecule has 114 valence electrons. The zero-order chi connectivity index (χ0) is 15.9. The predicted octanol–water partition coefficient (Wildman–Crippen LogP) is 2.44. The van der Waals surface area contributed by atoms with Crippen molar-refractivity contribution in [2.45, 2.75) is 13.3 Å². The second-order valence-electron chi connectivity index (χ2n) is 5.82. The molecule has 2 aromatic rings. The van der Waals surface area contributed by atoms with Gasteiger partial charge in [0.1, 0.15) is 0 Å².